The van der Waals surface area contributed by atoms with E-state index in [0.717, 1.165) is 11.1 Å². The first-order valence-corrected chi connectivity index (χ1v) is 6.73. The van der Waals surface area contributed by atoms with Gasteiger partial charge < -0.3 is 10.5 Å². The van der Waals surface area contributed by atoms with Crippen LogP contribution in [-0.4, -0.2) is 0 Å². The molecule has 0 amide bonds. The topological polar surface area (TPSA) is 35.2 Å². The van der Waals surface area contributed by atoms with Crippen LogP contribution in [0.15, 0.2) is 30.3 Å². The lowest BCUT2D eigenvalue weighted by Gasteiger charge is -2.11. The molecular weight excluding hydrogens is 305 g/mol. The molecule has 19 heavy (non-hydrogen) atoms. The van der Waals surface area contributed by atoms with Gasteiger partial charge in [0.25, 0.3) is 0 Å². The summed E-state index contributed by atoms with van der Waals surface area (Å²) < 4.78 is 5.63. The van der Waals surface area contributed by atoms with E-state index in [1.54, 1.807) is 12.1 Å². The molecule has 2 rings (SSSR count). The Balaban J connectivity index is 2.16. The zero-order chi connectivity index (χ0) is 14.0. The highest BCUT2D eigenvalue weighted by atomic mass is 35.5. The Hall–Kier alpha value is -1.09. The smallest absolute Gasteiger partial charge is 0.144 e. The zero-order valence-electron chi connectivity index (χ0n) is 10.2. The highest BCUT2D eigenvalue weighted by Crippen LogP contribution is 2.33. The quantitative estimate of drug-likeness (QED) is 0.798. The number of aryl methyl sites for hydroxylation is 1. The fourth-order valence-electron chi connectivity index (χ4n) is 1.59. The molecular formula is C14H12Cl3NO. The molecule has 0 atom stereocenters. The van der Waals surface area contributed by atoms with Crippen LogP contribution in [0.4, 0.5) is 5.69 Å². The lowest BCUT2D eigenvalue weighted by Crippen LogP contribution is -1.99. The average Bonchev–Trinajstić information content (AvgIpc) is 2.34. The summed E-state index contributed by atoms with van der Waals surface area (Å²) in [5.41, 5.74) is 8.24. The maximum Gasteiger partial charge on any atom is 0.144 e. The summed E-state index contributed by atoms with van der Waals surface area (Å²) in [6.07, 6.45) is 0. The maximum absolute atomic E-state index is 6.13. The fraction of sp³-hybridized carbons (Fsp3) is 0.143. The lowest BCUT2D eigenvalue weighted by atomic mass is 10.1. The first kappa shape index (κ1) is 14.3. The van der Waals surface area contributed by atoms with Crippen molar-refractivity contribution in [3.8, 4) is 5.75 Å². The minimum Gasteiger partial charge on any atom is -0.487 e. The van der Waals surface area contributed by atoms with Gasteiger partial charge in [0, 0.05) is 16.7 Å². The van der Waals surface area contributed by atoms with Gasteiger partial charge in [-0.05, 0) is 24.6 Å². The molecule has 0 saturated carbocycles. The van der Waals surface area contributed by atoms with E-state index in [4.69, 9.17) is 45.3 Å². The van der Waals surface area contributed by atoms with E-state index in [0.29, 0.717) is 33.1 Å². The summed E-state index contributed by atoms with van der Waals surface area (Å²) in [5, 5.41) is 1.47. The van der Waals surface area contributed by atoms with Crippen molar-refractivity contribution in [2.45, 2.75) is 13.5 Å². The number of ether oxygens (including phenoxy) is 1. The molecule has 0 aliphatic rings. The van der Waals surface area contributed by atoms with Crippen molar-refractivity contribution in [1.82, 2.24) is 0 Å². The van der Waals surface area contributed by atoms with Crippen LogP contribution in [0, 0.1) is 6.92 Å². The third-order valence-corrected chi connectivity index (χ3v) is 3.72. The van der Waals surface area contributed by atoms with Crippen molar-refractivity contribution in [3.05, 3.63) is 56.5 Å². The van der Waals surface area contributed by atoms with E-state index in [2.05, 4.69) is 0 Å². The second kappa shape index (κ2) is 5.91. The molecule has 0 heterocycles. The Morgan fingerprint density at radius 2 is 1.68 bits per heavy atom. The summed E-state index contributed by atoms with van der Waals surface area (Å²) in [6, 6.07) is 8.95. The average molecular weight is 317 g/mol. The standard InChI is InChI=1S/C14H12Cl3NO/c1-8-2-3-9(10(15)4-8)7-19-14-6-12(17)11(16)5-13(14)18/h2-6H,7,18H2,1H3. The van der Waals surface area contributed by atoms with Gasteiger partial charge in [-0.15, -0.1) is 0 Å². The molecule has 100 valence electrons. The van der Waals surface area contributed by atoms with Gasteiger partial charge in [0.15, 0.2) is 0 Å². The summed E-state index contributed by atoms with van der Waals surface area (Å²) in [5.74, 6) is 0.492. The molecule has 0 aliphatic heterocycles. The number of benzene rings is 2. The van der Waals surface area contributed by atoms with E-state index < -0.39 is 0 Å². The predicted molar refractivity (Wildman–Crippen MR) is 81.4 cm³/mol. The Bertz CT molecular complexity index is 614. The number of anilines is 1. The number of nitrogens with two attached hydrogens (primary N) is 1. The molecule has 2 aromatic carbocycles. The second-order valence-corrected chi connectivity index (χ2v) is 5.41. The molecule has 0 saturated heterocycles. The molecule has 0 aromatic heterocycles. The highest BCUT2D eigenvalue weighted by molar-refractivity contribution is 6.42. The monoisotopic (exact) mass is 315 g/mol. The first-order chi connectivity index (χ1) is 8.97. The van der Waals surface area contributed by atoms with Crippen LogP contribution in [0.1, 0.15) is 11.1 Å². The molecule has 2 N–H and O–H groups in total. The van der Waals surface area contributed by atoms with Crippen molar-refractivity contribution in [1.29, 1.82) is 0 Å². The van der Waals surface area contributed by atoms with Crippen LogP contribution in [0.5, 0.6) is 5.75 Å². The van der Waals surface area contributed by atoms with E-state index in [9.17, 15) is 0 Å². The number of hydrogen-bond donors (Lipinski definition) is 1. The van der Waals surface area contributed by atoms with Gasteiger partial charge in [0.1, 0.15) is 12.4 Å². The molecule has 2 nitrogen and oxygen atoms in total. The molecule has 0 bridgehead atoms. The van der Waals surface area contributed by atoms with Gasteiger partial charge in [0.05, 0.1) is 15.7 Å². The van der Waals surface area contributed by atoms with Crippen molar-refractivity contribution < 1.29 is 4.74 Å². The van der Waals surface area contributed by atoms with Crippen LogP contribution in [-0.2, 0) is 6.61 Å². The minimum absolute atomic E-state index is 0.321. The second-order valence-electron chi connectivity index (χ2n) is 4.19. The first-order valence-electron chi connectivity index (χ1n) is 5.59. The Labute approximate surface area is 127 Å². The molecule has 0 radical (unpaired) electrons. The van der Waals surface area contributed by atoms with Crippen LogP contribution in [0.25, 0.3) is 0 Å². The van der Waals surface area contributed by atoms with Crippen molar-refractivity contribution in [2.75, 3.05) is 5.73 Å². The summed E-state index contributed by atoms with van der Waals surface area (Å²) in [6.45, 7) is 2.30. The van der Waals surface area contributed by atoms with Gasteiger partial charge in [0.2, 0.25) is 0 Å². The number of rotatable bonds is 3. The SMILES string of the molecule is Cc1ccc(COc2cc(Cl)c(Cl)cc2N)c(Cl)c1. The third kappa shape index (κ3) is 3.47. The van der Waals surface area contributed by atoms with Gasteiger partial charge in [-0.25, -0.2) is 0 Å². The van der Waals surface area contributed by atoms with Crippen LogP contribution in [0.3, 0.4) is 0 Å². The predicted octanol–water partition coefficient (Wildman–Crippen LogP) is 5.12. The van der Waals surface area contributed by atoms with E-state index in [1.165, 1.54) is 0 Å². The summed E-state index contributed by atoms with van der Waals surface area (Å²) >= 11 is 17.9. The molecule has 0 unspecified atom stereocenters. The van der Waals surface area contributed by atoms with Gasteiger partial charge in [-0.1, -0.05) is 46.9 Å². The summed E-state index contributed by atoms with van der Waals surface area (Å²) in [4.78, 5) is 0. The van der Waals surface area contributed by atoms with E-state index in [-0.39, 0.29) is 0 Å². The lowest BCUT2D eigenvalue weighted by molar-refractivity contribution is 0.308. The normalized spacial score (nSPS) is 10.5. The Morgan fingerprint density at radius 1 is 1.00 bits per heavy atom. The molecule has 0 fully saturated rings. The minimum atomic E-state index is 0.321. The Morgan fingerprint density at radius 3 is 2.37 bits per heavy atom. The molecule has 0 spiro atoms. The number of hydrogen-bond acceptors (Lipinski definition) is 2. The highest BCUT2D eigenvalue weighted by Gasteiger charge is 2.08. The van der Waals surface area contributed by atoms with Crippen molar-refractivity contribution in [2.24, 2.45) is 0 Å². The maximum atomic E-state index is 6.13. The number of nitrogen functional groups attached to an aromatic ring is 1. The Kier molecular flexibility index (Phi) is 4.46. The van der Waals surface area contributed by atoms with Crippen LogP contribution < -0.4 is 10.5 Å². The van der Waals surface area contributed by atoms with Crippen LogP contribution >= 0.6 is 34.8 Å². The summed E-state index contributed by atoms with van der Waals surface area (Å²) in [7, 11) is 0. The van der Waals surface area contributed by atoms with Crippen molar-refractivity contribution in [3.63, 3.8) is 0 Å². The van der Waals surface area contributed by atoms with Crippen LogP contribution in [0.2, 0.25) is 15.1 Å². The largest absolute Gasteiger partial charge is 0.487 e. The van der Waals surface area contributed by atoms with Gasteiger partial charge >= 0.3 is 0 Å². The number of halogens is 3. The molecule has 0 aliphatic carbocycles. The third-order valence-electron chi connectivity index (χ3n) is 2.64. The van der Waals surface area contributed by atoms with Crippen molar-refractivity contribution >= 4 is 40.5 Å². The molecule has 5 heteroatoms. The van der Waals surface area contributed by atoms with Gasteiger partial charge in [-0.2, -0.15) is 0 Å². The zero-order valence-corrected chi connectivity index (χ0v) is 12.5. The fourth-order valence-corrected chi connectivity index (χ4v) is 2.21. The van der Waals surface area contributed by atoms with E-state index in [1.807, 2.05) is 25.1 Å². The van der Waals surface area contributed by atoms with Gasteiger partial charge in [-0.3, -0.25) is 0 Å². The molecule has 2 aromatic rings. The van der Waals surface area contributed by atoms with E-state index >= 15 is 0 Å².